The van der Waals surface area contributed by atoms with E-state index in [0.717, 1.165) is 10.6 Å². The molecule has 0 radical (unpaired) electrons. The SMILES string of the molecule is N#CCCSc1ccccc1NC(=O)C1CCN(S(=O)(=O)c2cccs2)CC1. The monoisotopic (exact) mass is 435 g/mol. The fourth-order valence-electron chi connectivity index (χ4n) is 3.03. The molecule has 1 fully saturated rings. The Kier molecular flexibility index (Phi) is 7.13. The number of rotatable bonds is 7. The second kappa shape index (κ2) is 9.56. The van der Waals surface area contributed by atoms with Gasteiger partial charge in [0, 0.05) is 36.1 Å². The van der Waals surface area contributed by atoms with E-state index in [1.165, 1.54) is 27.4 Å². The smallest absolute Gasteiger partial charge is 0.252 e. The molecule has 2 aromatic rings. The Hall–Kier alpha value is -1.86. The molecule has 9 heteroatoms. The standard InChI is InChI=1S/C19H21N3O3S3/c20-10-4-14-26-17-6-2-1-5-16(17)21-19(23)15-8-11-22(12-9-15)28(24,25)18-7-3-13-27-18/h1-3,5-7,13,15H,4,8-9,11-12,14H2,(H,21,23). The molecule has 0 saturated carbocycles. The number of amides is 1. The Labute approximate surface area is 173 Å². The number of hydrogen-bond donors (Lipinski definition) is 1. The van der Waals surface area contributed by atoms with Crippen LogP contribution in [0, 0.1) is 17.2 Å². The van der Waals surface area contributed by atoms with Gasteiger partial charge in [-0.2, -0.15) is 9.57 Å². The molecule has 148 valence electrons. The molecule has 0 aliphatic carbocycles. The van der Waals surface area contributed by atoms with E-state index in [9.17, 15) is 13.2 Å². The third-order valence-corrected chi connectivity index (χ3v) is 8.88. The summed E-state index contributed by atoms with van der Waals surface area (Å²) in [5.74, 6) is 0.371. The highest BCUT2D eigenvalue weighted by atomic mass is 32.2. The zero-order chi connectivity index (χ0) is 20.0. The van der Waals surface area contributed by atoms with E-state index in [1.54, 1.807) is 17.5 Å². The Morgan fingerprint density at radius 1 is 1.25 bits per heavy atom. The van der Waals surface area contributed by atoms with Crippen molar-refractivity contribution in [3.05, 3.63) is 41.8 Å². The normalized spacial score (nSPS) is 15.8. The van der Waals surface area contributed by atoms with Crippen LogP contribution in [-0.2, 0) is 14.8 Å². The number of nitrogens with zero attached hydrogens (tertiary/aromatic N) is 2. The average Bonchev–Trinajstić information content (AvgIpc) is 3.25. The summed E-state index contributed by atoms with van der Waals surface area (Å²) in [7, 11) is -3.46. The van der Waals surface area contributed by atoms with Crippen molar-refractivity contribution in [1.29, 1.82) is 5.26 Å². The molecular formula is C19H21N3O3S3. The molecular weight excluding hydrogens is 414 g/mol. The Morgan fingerprint density at radius 2 is 2.00 bits per heavy atom. The van der Waals surface area contributed by atoms with Crippen LogP contribution in [0.2, 0.25) is 0 Å². The van der Waals surface area contributed by atoms with E-state index in [1.807, 2.05) is 24.3 Å². The number of benzene rings is 1. The van der Waals surface area contributed by atoms with Crippen molar-refractivity contribution in [2.75, 3.05) is 24.2 Å². The third-order valence-electron chi connectivity index (χ3n) is 4.53. The molecule has 1 aliphatic heterocycles. The maximum absolute atomic E-state index is 12.7. The summed E-state index contributed by atoms with van der Waals surface area (Å²) in [5.41, 5.74) is 0.740. The molecule has 28 heavy (non-hydrogen) atoms. The lowest BCUT2D eigenvalue weighted by molar-refractivity contribution is -0.120. The molecule has 3 rings (SSSR count). The number of nitrogens with one attached hydrogen (secondary N) is 1. The summed E-state index contributed by atoms with van der Waals surface area (Å²) in [4.78, 5) is 13.6. The number of para-hydroxylation sites is 1. The van der Waals surface area contributed by atoms with E-state index in [2.05, 4.69) is 11.4 Å². The number of carbonyl (C=O) groups is 1. The van der Waals surface area contributed by atoms with Crippen LogP contribution in [0.5, 0.6) is 0 Å². The predicted octanol–water partition coefficient (Wildman–Crippen LogP) is 3.79. The second-order valence-electron chi connectivity index (χ2n) is 6.35. The molecule has 1 aromatic heterocycles. The van der Waals surface area contributed by atoms with Crippen LogP contribution in [0.3, 0.4) is 0 Å². The molecule has 0 spiro atoms. The van der Waals surface area contributed by atoms with Crippen molar-refractivity contribution in [3.63, 3.8) is 0 Å². The van der Waals surface area contributed by atoms with Gasteiger partial charge in [-0.3, -0.25) is 4.79 Å². The van der Waals surface area contributed by atoms with Gasteiger partial charge in [-0.1, -0.05) is 18.2 Å². The molecule has 0 bridgehead atoms. The van der Waals surface area contributed by atoms with E-state index in [4.69, 9.17) is 5.26 Å². The first-order valence-electron chi connectivity index (χ1n) is 8.95. The zero-order valence-electron chi connectivity index (χ0n) is 15.2. The number of sulfonamides is 1. The maximum atomic E-state index is 12.7. The summed E-state index contributed by atoms with van der Waals surface area (Å²) in [6.07, 6.45) is 1.45. The topological polar surface area (TPSA) is 90.3 Å². The van der Waals surface area contributed by atoms with Gasteiger partial charge < -0.3 is 5.32 Å². The lowest BCUT2D eigenvalue weighted by atomic mass is 9.97. The van der Waals surface area contributed by atoms with Crippen LogP contribution in [0.4, 0.5) is 5.69 Å². The molecule has 2 heterocycles. The van der Waals surface area contributed by atoms with Crippen molar-refractivity contribution >= 4 is 44.7 Å². The van der Waals surface area contributed by atoms with Crippen molar-refractivity contribution in [2.45, 2.75) is 28.4 Å². The Balaban J connectivity index is 1.58. The Bertz CT molecular complexity index is 944. The highest BCUT2D eigenvalue weighted by molar-refractivity contribution is 7.99. The molecule has 0 atom stereocenters. The van der Waals surface area contributed by atoms with E-state index in [0.29, 0.717) is 42.3 Å². The molecule has 1 amide bonds. The van der Waals surface area contributed by atoms with Gasteiger partial charge in [0.2, 0.25) is 5.91 Å². The summed E-state index contributed by atoms with van der Waals surface area (Å²) in [6.45, 7) is 0.688. The van der Waals surface area contributed by atoms with Crippen molar-refractivity contribution in [1.82, 2.24) is 4.31 Å². The van der Waals surface area contributed by atoms with Crippen LogP contribution in [-0.4, -0.2) is 37.5 Å². The van der Waals surface area contributed by atoms with Crippen molar-refractivity contribution < 1.29 is 13.2 Å². The molecule has 6 nitrogen and oxygen atoms in total. The van der Waals surface area contributed by atoms with Crippen LogP contribution >= 0.6 is 23.1 Å². The van der Waals surface area contributed by atoms with Gasteiger partial charge in [0.05, 0.1) is 11.8 Å². The maximum Gasteiger partial charge on any atom is 0.252 e. The number of anilines is 1. The number of piperidine rings is 1. The summed E-state index contributed by atoms with van der Waals surface area (Å²) in [6, 6.07) is 13.0. The van der Waals surface area contributed by atoms with Gasteiger partial charge in [0.15, 0.2) is 0 Å². The third kappa shape index (κ3) is 4.94. The second-order valence-corrected chi connectivity index (χ2v) is 10.6. The van der Waals surface area contributed by atoms with E-state index in [-0.39, 0.29) is 11.8 Å². The van der Waals surface area contributed by atoms with Gasteiger partial charge in [-0.15, -0.1) is 23.1 Å². The van der Waals surface area contributed by atoms with Crippen LogP contribution < -0.4 is 5.32 Å². The molecule has 1 aliphatic rings. The van der Waals surface area contributed by atoms with Crippen molar-refractivity contribution in [2.24, 2.45) is 5.92 Å². The first-order valence-corrected chi connectivity index (χ1v) is 12.3. The molecule has 1 saturated heterocycles. The Morgan fingerprint density at radius 3 is 2.68 bits per heavy atom. The van der Waals surface area contributed by atoms with Crippen LogP contribution in [0.25, 0.3) is 0 Å². The first kappa shape index (κ1) is 20.9. The first-order chi connectivity index (χ1) is 13.5. The minimum atomic E-state index is -3.46. The van der Waals surface area contributed by atoms with Gasteiger partial charge in [0.1, 0.15) is 4.21 Å². The highest BCUT2D eigenvalue weighted by Crippen LogP contribution is 2.30. The fraction of sp³-hybridized carbons (Fsp3) is 0.368. The lowest BCUT2D eigenvalue weighted by Gasteiger charge is -2.30. The highest BCUT2D eigenvalue weighted by Gasteiger charge is 2.32. The number of carbonyl (C=O) groups excluding carboxylic acids is 1. The summed E-state index contributed by atoms with van der Waals surface area (Å²) in [5, 5.41) is 13.4. The van der Waals surface area contributed by atoms with E-state index >= 15 is 0 Å². The quantitative estimate of drug-likeness (QED) is 0.528. The largest absolute Gasteiger partial charge is 0.325 e. The van der Waals surface area contributed by atoms with Crippen LogP contribution in [0.15, 0.2) is 50.9 Å². The van der Waals surface area contributed by atoms with Gasteiger partial charge in [0.25, 0.3) is 10.0 Å². The minimum absolute atomic E-state index is 0.0819. The number of nitriles is 1. The van der Waals surface area contributed by atoms with Gasteiger partial charge in [-0.05, 0) is 36.4 Å². The summed E-state index contributed by atoms with van der Waals surface area (Å²) < 4.78 is 27.0. The lowest BCUT2D eigenvalue weighted by Crippen LogP contribution is -2.41. The molecule has 1 aromatic carbocycles. The predicted molar refractivity (Wildman–Crippen MR) is 112 cm³/mol. The fourth-order valence-corrected chi connectivity index (χ4v) is 6.51. The van der Waals surface area contributed by atoms with Gasteiger partial charge in [-0.25, -0.2) is 8.42 Å². The average molecular weight is 436 g/mol. The van der Waals surface area contributed by atoms with Gasteiger partial charge >= 0.3 is 0 Å². The zero-order valence-corrected chi connectivity index (χ0v) is 17.7. The number of hydrogen-bond acceptors (Lipinski definition) is 6. The minimum Gasteiger partial charge on any atom is -0.325 e. The summed E-state index contributed by atoms with van der Waals surface area (Å²) >= 11 is 2.75. The molecule has 0 unspecified atom stereocenters. The van der Waals surface area contributed by atoms with Crippen LogP contribution in [0.1, 0.15) is 19.3 Å². The number of thiophene rings is 1. The number of thioether (sulfide) groups is 1. The van der Waals surface area contributed by atoms with Crippen molar-refractivity contribution in [3.8, 4) is 6.07 Å². The van der Waals surface area contributed by atoms with E-state index < -0.39 is 10.0 Å². The molecule has 1 N–H and O–H groups in total.